The summed E-state index contributed by atoms with van der Waals surface area (Å²) in [6, 6.07) is 0. The van der Waals surface area contributed by atoms with Crippen LogP contribution < -0.4 is 0 Å². The Hall–Kier alpha value is -0.790. The maximum atomic E-state index is 12.2. The second kappa shape index (κ2) is 3.41. The summed E-state index contributed by atoms with van der Waals surface area (Å²) in [5.41, 5.74) is 1.12. The van der Waals surface area contributed by atoms with Crippen molar-refractivity contribution in [3.63, 3.8) is 0 Å². The number of rotatable bonds is 1. The smallest absolute Gasteiger partial charge is 0.166 e. The molecule has 0 N–H and O–H groups in total. The van der Waals surface area contributed by atoms with Crippen LogP contribution in [-0.4, -0.2) is 24.8 Å². The number of hydrogen-bond acceptors (Lipinski definition) is 2. The van der Waals surface area contributed by atoms with Crippen molar-refractivity contribution in [1.82, 2.24) is 4.90 Å². The van der Waals surface area contributed by atoms with E-state index >= 15 is 0 Å². The molecule has 2 fully saturated rings. The van der Waals surface area contributed by atoms with Crippen molar-refractivity contribution in [1.29, 1.82) is 0 Å². The fourth-order valence-electron chi connectivity index (χ4n) is 2.91. The average Bonchev–Trinajstić information content (AvgIpc) is 2.69. The molecule has 2 heteroatoms. The Morgan fingerprint density at radius 3 is 2.43 bits per heavy atom. The Labute approximate surface area is 86.0 Å². The summed E-state index contributed by atoms with van der Waals surface area (Å²) in [5, 5.41) is 0. The number of ketones is 1. The van der Waals surface area contributed by atoms with E-state index in [-0.39, 0.29) is 5.41 Å². The van der Waals surface area contributed by atoms with Crippen molar-refractivity contribution in [2.45, 2.75) is 38.5 Å². The first-order valence-corrected chi connectivity index (χ1v) is 5.56. The highest BCUT2D eigenvalue weighted by Gasteiger charge is 2.46. The molecule has 2 aliphatic carbocycles. The van der Waals surface area contributed by atoms with Gasteiger partial charge in [-0.25, -0.2) is 0 Å². The normalized spacial score (nSPS) is 27.9. The van der Waals surface area contributed by atoms with Crippen molar-refractivity contribution in [2.75, 3.05) is 14.1 Å². The molecule has 78 valence electrons. The molecule has 0 radical (unpaired) electrons. The first-order chi connectivity index (χ1) is 6.64. The molecule has 14 heavy (non-hydrogen) atoms. The predicted octanol–water partition coefficient (Wildman–Crippen LogP) is 2.36. The molecule has 0 aromatic heterocycles. The molecule has 2 nitrogen and oxygen atoms in total. The summed E-state index contributed by atoms with van der Waals surface area (Å²) in [6.07, 6.45) is 8.88. The number of Topliss-reactive ketones (excluding diaryl/α,β-unsaturated/α-hetero) is 1. The molecule has 0 aromatic rings. The van der Waals surface area contributed by atoms with Crippen LogP contribution in [-0.2, 0) is 4.79 Å². The summed E-state index contributed by atoms with van der Waals surface area (Å²) >= 11 is 0. The third kappa shape index (κ3) is 1.47. The van der Waals surface area contributed by atoms with Crippen molar-refractivity contribution in [3.05, 3.63) is 11.8 Å². The molecule has 1 spiro atoms. The van der Waals surface area contributed by atoms with Gasteiger partial charge in [-0.1, -0.05) is 12.8 Å². The zero-order chi connectivity index (χ0) is 10.2. The lowest BCUT2D eigenvalue weighted by molar-refractivity contribution is -0.122. The highest BCUT2D eigenvalue weighted by atomic mass is 16.1. The molecule has 2 aliphatic rings. The van der Waals surface area contributed by atoms with Crippen LogP contribution in [0.1, 0.15) is 38.5 Å². The van der Waals surface area contributed by atoms with Gasteiger partial charge in [-0.15, -0.1) is 0 Å². The second-order valence-electron chi connectivity index (χ2n) is 4.93. The van der Waals surface area contributed by atoms with E-state index < -0.39 is 0 Å². The van der Waals surface area contributed by atoms with Gasteiger partial charge in [0.15, 0.2) is 5.78 Å². The second-order valence-corrected chi connectivity index (χ2v) is 4.93. The molecule has 0 heterocycles. The minimum atomic E-state index is 0.0713. The number of carbonyl (C=O) groups excluding carboxylic acids is 1. The average molecular weight is 193 g/mol. The molecular weight excluding hydrogens is 174 g/mol. The largest absolute Gasteiger partial charge is 0.383 e. The topological polar surface area (TPSA) is 20.3 Å². The zero-order valence-corrected chi connectivity index (χ0v) is 9.18. The van der Waals surface area contributed by atoms with Crippen LogP contribution in [0.5, 0.6) is 0 Å². The van der Waals surface area contributed by atoms with E-state index in [4.69, 9.17) is 0 Å². The third-order valence-corrected chi connectivity index (χ3v) is 3.62. The van der Waals surface area contributed by atoms with Crippen LogP contribution >= 0.6 is 0 Å². The fraction of sp³-hybridized carbons (Fsp3) is 0.750. The molecule has 0 unspecified atom stereocenters. The van der Waals surface area contributed by atoms with Crippen molar-refractivity contribution < 1.29 is 4.79 Å². The summed E-state index contributed by atoms with van der Waals surface area (Å²) in [5.74, 6) is 0.448. The summed E-state index contributed by atoms with van der Waals surface area (Å²) in [7, 11) is 3.97. The molecular formula is C12H19NO. The first-order valence-electron chi connectivity index (χ1n) is 5.56. The van der Waals surface area contributed by atoms with Crippen LogP contribution in [0.3, 0.4) is 0 Å². The summed E-state index contributed by atoms with van der Waals surface area (Å²) in [4.78, 5) is 14.2. The Bertz CT molecular complexity index is 272. The first kappa shape index (κ1) is 9.75. The van der Waals surface area contributed by atoms with E-state index in [0.717, 1.165) is 31.3 Å². The van der Waals surface area contributed by atoms with Crippen LogP contribution in [0.25, 0.3) is 0 Å². The van der Waals surface area contributed by atoms with E-state index in [1.54, 1.807) is 0 Å². The zero-order valence-electron chi connectivity index (χ0n) is 9.18. The monoisotopic (exact) mass is 193 g/mol. The minimum absolute atomic E-state index is 0.0713. The van der Waals surface area contributed by atoms with Crippen LogP contribution in [0.15, 0.2) is 11.8 Å². The van der Waals surface area contributed by atoms with E-state index in [0.29, 0.717) is 5.78 Å². The summed E-state index contributed by atoms with van der Waals surface area (Å²) in [6.45, 7) is 0. The molecule has 2 saturated carbocycles. The Morgan fingerprint density at radius 2 is 1.86 bits per heavy atom. The van der Waals surface area contributed by atoms with E-state index in [9.17, 15) is 4.79 Å². The van der Waals surface area contributed by atoms with Gasteiger partial charge < -0.3 is 4.90 Å². The molecule has 0 atom stereocenters. The van der Waals surface area contributed by atoms with Crippen molar-refractivity contribution >= 4 is 5.78 Å². The van der Waals surface area contributed by atoms with Gasteiger partial charge in [0, 0.05) is 31.3 Å². The van der Waals surface area contributed by atoms with Crippen LogP contribution in [0, 0.1) is 5.41 Å². The molecule has 2 rings (SSSR count). The quantitative estimate of drug-likeness (QED) is 0.596. The molecule has 0 saturated heterocycles. The third-order valence-electron chi connectivity index (χ3n) is 3.62. The van der Waals surface area contributed by atoms with Gasteiger partial charge in [0.1, 0.15) is 0 Å². The van der Waals surface area contributed by atoms with Crippen LogP contribution in [0.2, 0.25) is 0 Å². The number of hydrogen-bond donors (Lipinski definition) is 0. The highest BCUT2D eigenvalue weighted by Crippen LogP contribution is 2.49. The molecule has 0 bridgehead atoms. The fourth-order valence-corrected chi connectivity index (χ4v) is 2.91. The van der Waals surface area contributed by atoms with E-state index in [2.05, 4.69) is 0 Å². The number of allylic oxidation sites excluding steroid dienone is 1. The van der Waals surface area contributed by atoms with Crippen molar-refractivity contribution in [2.24, 2.45) is 5.41 Å². The molecule has 0 aromatic carbocycles. The summed E-state index contributed by atoms with van der Waals surface area (Å²) < 4.78 is 0. The molecule has 0 aliphatic heterocycles. The van der Waals surface area contributed by atoms with Gasteiger partial charge in [0.05, 0.1) is 0 Å². The number of carbonyl (C=O) groups is 1. The standard InChI is InChI=1S/C12H19NO/c1-13(2)9-10-5-8-12(11(10)14)6-3-4-7-12/h9H,3-8H2,1-2H3/b10-9-. The predicted molar refractivity (Wildman–Crippen MR) is 56.9 cm³/mol. The van der Waals surface area contributed by atoms with Gasteiger partial charge in [0.25, 0.3) is 0 Å². The maximum Gasteiger partial charge on any atom is 0.166 e. The van der Waals surface area contributed by atoms with Gasteiger partial charge in [0.2, 0.25) is 0 Å². The van der Waals surface area contributed by atoms with Gasteiger partial charge in [-0.2, -0.15) is 0 Å². The lowest BCUT2D eigenvalue weighted by atomic mass is 9.83. The lowest BCUT2D eigenvalue weighted by Crippen LogP contribution is -2.22. The highest BCUT2D eigenvalue weighted by molar-refractivity contribution is 6.02. The molecule has 0 amide bonds. The maximum absolute atomic E-state index is 12.2. The van der Waals surface area contributed by atoms with Gasteiger partial charge >= 0.3 is 0 Å². The van der Waals surface area contributed by atoms with Crippen molar-refractivity contribution in [3.8, 4) is 0 Å². The van der Waals surface area contributed by atoms with E-state index in [1.165, 1.54) is 12.8 Å². The SMILES string of the molecule is CN(C)/C=C1/CCC2(CCCC2)C1=O. The Balaban J connectivity index is 2.18. The van der Waals surface area contributed by atoms with Gasteiger partial charge in [-0.3, -0.25) is 4.79 Å². The van der Waals surface area contributed by atoms with E-state index in [1.807, 2.05) is 25.2 Å². The van der Waals surface area contributed by atoms with Crippen LogP contribution in [0.4, 0.5) is 0 Å². The Morgan fingerprint density at radius 1 is 1.21 bits per heavy atom. The van der Waals surface area contributed by atoms with Gasteiger partial charge in [-0.05, 0) is 25.7 Å². The minimum Gasteiger partial charge on any atom is -0.383 e. The number of nitrogens with zero attached hydrogens (tertiary/aromatic N) is 1. The lowest BCUT2D eigenvalue weighted by Gasteiger charge is -2.19. The Kier molecular flexibility index (Phi) is 2.38.